The van der Waals surface area contributed by atoms with Crippen LogP contribution >= 0.6 is 0 Å². The number of esters is 1. The lowest BCUT2D eigenvalue weighted by atomic mass is 10.0. The van der Waals surface area contributed by atoms with E-state index >= 15 is 0 Å². The van der Waals surface area contributed by atoms with Crippen LogP contribution in [0.15, 0.2) is 0 Å². The average Bonchev–Trinajstić information content (AvgIpc) is 2.98. The Kier molecular flexibility index (Phi) is 30.6. The van der Waals surface area contributed by atoms with Crippen LogP contribution in [-0.2, 0) is 19.1 Å². The first-order valence-electron chi connectivity index (χ1n) is 18.4. The second-order valence-corrected chi connectivity index (χ2v) is 12.7. The number of unbranched alkanes of at least 4 members (excludes halogenated alkanes) is 21. The Hall–Kier alpha value is -1.63. The molecule has 0 heterocycles. The van der Waals surface area contributed by atoms with Crippen molar-refractivity contribution < 1.29 is 24.2 Å². The molecule has 1 amide bonds. The highest BCUT2D eigenvalue weighted by Gasteiger charge is 2.23. The topological polar surface area (TPSA) is 119 Å². The van der Waals surface area contributed by atoms with Crippen molar-refractivity contribution in [3.05, 3.63) is 0 Å². The van der Waals surface area contributed by atoms with E-state index in [9.17, 15) is 19.5 Å². The molecule has 0 fully saturated rings. The number of hydrogen-bond acceptors (Lipinski definition) is 5. The molecule has 0 rings (SSSR count). The second kappa shape index (κ2) is 31.8. The van der Waals surface area contributed by atoms with Crippen molar-refractivity contribution in [1.29, 1.82) is 0 Å². The summed E-state index contributed by atoms with van der Waals surface area (Å²) in [7, 11) is 0. The molecule has 0 aromatic carbocycles. The fourth-order valence-corrected chi connectivity index (χ4v) is 5.63. The molecule has 0 aliphatic heterocycles. The number of ether oxygens (including phenoxy) is 1. The van der Waals surface area contributed by atoms with Gasteiger partial charge in [-0.3, -0.25) is 9.59 Å². The van der Waals surface area contributed by atoms with Gasteiger partial charge in [0.2, 0.25) is 5.91 Å². The number of amides is 1. The third kappa shape index (κ3) is 28.9. The number of hydrogen-bond donors (Lipinski definition) is 3. The van der Waals surface area contributed by atoms with Crippen LogP contribution in [0.3, 0.4) is 0 Å². The Morgan fingerprint density at radius 2 is 1.02 bits per heavy atom. The largest absolute Gasteiger partial charge is 0.480 e. The molecule has 0 aromatic rings. The molecule has 7 heteroatoms. The van der Waals surface area contributed by atoms with Crippen LogP contribution in [0.5, 0.6) is 0 Å². The van der Waals surface area contributed by atoms with E-state index in [-0.39, 0.29) is 18.3 Å². The van der Waals surface area contributed by atoms with Gasteiger partial charge in [0.1, 0.15) is 12.1 Å². The Morgan fingerprint density at radius 1 is 0.605 bits per heavy atom. The Labute approximate surface area is 265 Å². The van der Waals surface area contributed by atoms with Crippen molar-refractivity contribution in [2.75, 3.05) is 6.54 Å². The van der Waals surface area contributed by atoms with Gasteiger partial charge in [-0.2, -0.15) is 0 Å². The Morgan fingerprint density at radius 3 is 1.47 bits per heavy atom. The predicted molar refractivity (Wildman–Crippen MR) is 179 cm³/mol. The fourth-order valence-electron chi connectivity index (χ4n) is 5.63. The summed E-state index contributed by atoms with van der Waals surface area (Å²) in [6.45, 7) is 4.99. The molecule has 0 aliphatic rings. The molecule has 2 atom stereocenters. The van der Waals surface area contributed by atoms with Gasteiger partial charge in [-0.1, -0.05) is 142 Å². The maximum atomic E-state index is 12.8. The molecule has 0 radical (unpaired) electrons. The smallest absolute Gasteiger partial charge is 0.326 e. The summed E-state index contributed by atoms with van der Waals surface area (Å²) >= 11 is 0. The second-order valence-electron chi connectivity index (χ2n) is 12.7. The Bertz CT molecular complexity index is 658. The summed E-state index contributed by atoms with van der Waals surface area (Å²) in [4.78, 5) is 37.0. The highest BCUT2D eigenvalue weighted by atomic mass is 16.5. The minimum Gasteiger partial charge on any atom is -0.480 e. The molecule has 0 saturated heterocycles. The van der Waals surface area contributed by atoms with Crippen LogP contribution in [0.2, 0.25) is 0 Å². The standard InChI is InChI=1S/C36H70N2O5/c1-3-5-7-9-11-13-15-17-19-21-23-27-32(31-34(39)38-33(36(41)42)28-25-26-30-37)43-35(40)29-24-22-20-18-16-14-12-10-8-6-4-2/h32-33H,3-31,37H2,1-2H3,(H,38,39)(H,41,42)/t32?,33-/m0/s1. The number of carboxylic acids is 1. The summed E-state index contributed by atoms with van der Waals surface area (Å²) in [5, 5.41) is 12.2. The van der Waals surface area contributed by atoms with E-state index in [1.807, 2.05) is 0 Å². The van der Waals surface area contributed by atoms with E-state index < -0.39 is 18.1 Å². The van der Waals surface area contributed by atoms with E-state index in [4.69, 9.17) is 10.5 Å². The lowest BCUT2D eigenvalue weighted by molar-refractivity contribution is -0.151. The van der Waals surface area contributed by atoms with Gasteiger partial charge in [0.25, 0.3) is 0 Å². The summed E-state index contributed by atoms with van der Waals surface area (Å²) in [5.74, 6) is -1.65. The maximum Gasteiger partial charge on any atom is 0.326 e. The third-order valence-electron chi connectivity index (χ3n) is 8.41. The lowest BCUT2D eigenvalue weighted by Crippen LogP contribution is -2.42. The molecule has 0 aliphatic carbocycles. The molecular weight excluding hydrogens is 540 g/mol. The van der Waals surface area contributed by atoms with E-state index in [1.165, 1.54) is 103 Å². The molecule has 4 N–H and O–H groups in total. The van der Waals surface area contributed by atoms with Gasteiger partial charge < -0.3 is 20.9 Å². The number of carbonyl (C=O) groups excluding carboxylic acids is 2. The van der Waals surface area contributed by atoms with Crippen molar-refractivity contribution in [3.63, 3.8) is 0 Å². The van der Waals surface area contributed by atoms with Gasteiger partial charge in [0.05, 0.1) is 6.42 Å². The number of aliphatic carboxylic acids is 1. The van der Waals surface area contributed by atoms with Crippen molar-refractivity contribution in [3.8, 4) is 0 Å². The van der Waals surface area contributed by atoms with E-state index in [0.29, 0.717) is 32.2 Å². The number of carbonyl (C=O) groups is 3. The van der Waals surface area contributed by atoms with Gasteiger partial charge in [0.15, 0.2) is 0 Å². The SMILES string of the molecule is CCCCCCCCCCCCCC(=O)OC(CCCCCCCCCCCCC)CC(=O)N[C@@H](CCCCN)C(=O)O. The predicted octanol–water partition coefficient (Wildman–Crippen LogP) is 9.39. The molecule has 1 unspecified atom stereocenters. The van der Waals surface area contributed by atoms with Crippen LogP contribution < -0.4 is 11.1 Å². The number of carboxylic acid groups (broad SMARTS) is 1. The van der Waals surface area contributed by atoms with Crippen LogP contribution in [0.1, 0.15) is 194 Å². The van der Waals surface area contributed by atoms with Crippen molar-refractivity contribution in [1.82, 2.24) is 5.32 Å². The third-order valence-corrected chi connectivity index (χ3v) is 8.41. The number of rotatable bonds is 33. The minimum atomic E-state index is -1.04. The Balaban J connectivity index is 4.46. The number of nitrogens with one attached hydrogen (secondary N) is 1. The van der Waals surface area contributed by atoms with Gasteiger partial charge >= 0.3 is 11.9 Å². The minimum absolute atomic E-state index is 0.0163. The molecule has 0 saturated carbocycles. The van der Waals surface area contributed by atoms with Crippen molar-refractivity contribution >= 4 is 17.8 Å². The summed E-state index contributed by atoms with van der Waals surface area (Å²) in [5.41, 5.74) is 5.52. The number of nitrogens with two attached hydrogens (primary N) is 1. The molecular formula is C36H70N2O5. The lowest BCUT2D eigenvalue weighted by Gasteiger charge is -2.20. The highest BCUT2D eigenvalue weighted by Crippen LogP contribution is 2.17. The average molecular weight is 611 g/mol. The zero-order valence-corrected chi connectivity index (χ0v) is 28.3. The van der Waals surface area contributed by atoms with Crippen LogP contribution in [-0.4, -0.2) is 41.6 Å². The first-order valence-corrected chi connectivity index (χ1v) is 18.4. The molecule has 0 aromatic heterocycles. The molecule has 7 nitrogen and oxygen atoms in total. The molecule has 0 bridgehead atoms. The van der Waals surface area contributed by atoms with Crippen molar-refractivity contribution in [2.45, 2.75) is 206 Å². The van der Waals surface area contributed by atoms with E-state index in [1.54, 1.807) is 0 Å². The van der Waals surface area contributed by atoms with Crippen molar-refractivity contribution in [2.24, 2.45) is 5.73 Å². The summed E-state index contributed by atoms with van der Waals surface area (Å²) in [6, 6.07) is -0.936. The monoisotopic (exact) mass is 611 g/mol. The van der Waals surface area contributed by atoms with Crippen LogP contribution in [0.4, 0.5) is 0 Å². The fraction of sp³-hybridized carbons (Fsp3) is 0.917. The maximum absolute atomic E-state index is 12.8. The first-order chi connectivity index (χ1) is 20.9. The zero-order chi connectivity index (χ0) is 31.8. The normalized spacial score (nSPS) is 12.6. The van der Waals surface area contributed by atoms with Crippen LogP contribution in [0, 0.1) is 0 Å². The van der Waals surface area contributed by atoms with Gasteiger partial charge in [-0.15, -0.1) is 0 Å². The van der Waals surface area contributed by atoms with Gasteiger partial charge in [-0.25, -0.2) is 4.79 Å². The van der Waals surface area contributed by atoms with E-state index in [0.717, 1.165) is 44.9 Å². The molecule has 254 valence electrons. The molecule has 0 spiro atoms. The molecule has 43 heavy (non-hydrogen) atoms. The van der Waals surface area contributed by atoms with Gasteiger partial charge in [-0.05, 0) is 45.1 Å². The quantitative estimate of drug-likeness (QED) is 0.0503. The zero-order valence-electron chi connectivity index (χ0n) is 28.3. The first kappa shape index (κ1) is 41.4. The summed E-state index contributed by atoms with van der Waals surface area (Å²) < 4.78 is 5.78. The van der Waals surface area contributed by atoms with Gasteiger partial charge in [0, 0.05) is 6.42 Å². The van der Waals surface area contributed by atoms with Crippen LogP contribution in [0.25, 0.3) is 0 Å². The summed E-state index contributed by atoms with van der Waals surface area (Å²) in [6.07, 6.45) is 29.3. The highest BCUT2D eigenvalue weighted by molar-refractivity contribution is 5.84. The van der Waals surface area contributed by atoms with E-state index in [2.05, 4.69) is 19.2 Å².